The molecule has 1 amide bonds. The molecule has 0 spiro atoms. The molecule has 9 heteroatoms. The molecule has 0 saturated heterocycles. The number of H-pyrrole nitrogens is 2. The van der Waals surface area contributed by atoms with E-state index in [9.17, 15) is 9.18 Å². The molecule has 0 aliphatic heterocycles. The minimum atomic E-state index is -0.286. The number of amides is 1. The van der Waals surface area contributed by atoms with Gasteiger partial charge in [0.25, 0.3) is 0 Å². The molecule has 4 aromatic heterocycles. The van der Waals surface area contributed by atoms with Gasteiger partial charge in [0.05, 0.1) is 34.1 Å². The largest absolute Gasteiger partial charge is 0.336 e. The van der Waals surface area contributed by atoms with Crippen molar-refractivity contribution < 1.29 is 9.18 Å². The van der Waals surface area contributed by atoms with Crippen molar-refractivity contribution in [3.63, 3.8) is 0 Å². The summed E-state index contributed by atoms with van der Waals surface area (Å²) in [5.74, 6) is 0.0615. The number of hydrogen-bond donors (Lipinski definition) is 3. The first-order chi connectivity index (χ1) is 18.0. The third kappa shape index (κ3) is 4.20. The standard InChI is InChI=1S/C28H22FN7O/c1-15(2)28(37)31-19-12-17(13-30-14-19)21-10-11-23-25(32-21)26(36-35-23)27-33-22-5-3-4-20(24(22)34-27)16-6-8-18(29)9-7-16/h3-15H,1-2H3,(H,31,37)(H,33,34)(H,35,36). The molecule has 0 saturated carbocycles. The Bertz CT molecular complexity index is 1770. The van der Waals surface area contributed by atoms with Gasteiger partial charge in [-0.05, 0) is 42.0 Å². The van der Waals surface area contributed by atoms with Gasteiger partial charge in [-0.1, -0.05) is 38.1 Å². The van der Waals surface area contributed by atoms with Gasteiger partial charge in [-0.3, -0.25) is 14.9 Å². The summed E-state index contributed by atoms with van der Waals surface area (Å²) < 4.78 is 13.5. The van der Waals surface area contributed by atoms with E-state index in [4.69, 9.17) is 9.97 Å². The number of aromatic nitrogens is 6. The third-order valence-corrected chi connectivity index (χ3v) is 6.13. The number of carbonyl (C=O) groups excluding carboxylic acids is 1. The number of anilines is 1. The molecule has 37 heavy (non-hydrogen) atoms. The van der Waals surface area contributed by atoms with Gasteiger partial charge in [0.15, 0.2) is 11.5 Å². The topological polar surface area (TPSA) is 112 Å². The summed E-state index contributed by atoms with van der Waals surface area (Å²) in [5, 5.41) is 10.4. The number of pyridine rings is 2. The Morgan fingerprint density at radius 1 is 0.919 bits per heavy atom. The maximum absolute atomic E-state index is 13.5. The highest BCUT2D eigenvalue weighted by Crippen LogP contribution is 2.32. The zero-order valence-electron chi connectivity index (χ0n) is 20.1. The summed E-state index contributed by atoms with van der Waals surface area (Å²) in [5.41, 5.74) is 7.40. The number of hydrogen-bond acceptors (Lipinski definition) is 5. The van der Waals surface area contributed by atoms with Gasteiger partial charge in [0, 0.05) is 23.2 Å². The van der Waals surface area contributed by atoms with Crippen LogP contribution in [0.15, 0.2) is 73.1 Å². The zero-order chi connectivity index (χ0) is 25.5. The Labute approximate surface area is 211 Å². The van der Waals surface area contributed by atoms with E-state index in [1.807, 2.05) is 50.2 Å². The summed E-state index contributed by atoms with van der Waals surface area (Å²) in [7, 11) is 0. The molecule has 0 bridgehead atoms. The number of fused-ring (bicyclic) bond motifs is 2. The van der Waals surface area contributed by atoms with Crippen LogP contribution in [0, 0.1) is 11.7 Å². The monoisotopic (exact) mass is 491 g/mol. The van der Waals surface area contributed by atoms with Crippen LogP contribution in [-0.4, -0.2) is 36.0 Å². The summed E-state index contributed by atoms with van der Waals surface area (Å²) >= 11 is 0. The lowest BCUT2D eigenvalue weighted by atomic mass is 10.0. The molecule has 0 unspecified atom stereocenters. The van der Waals surface area contributed by atoms with Gasteiger partial charge in [-0.2, -0.15) is 5.10 Å². The van der Waals surface area contributed by atoms with Gasteiger partial charge in [0.2, 0.25) is 5.91 Å². The zero-order valence-corrected chi connectivity index (χ0v) is 20.1. The average molecular weight is 492 g/mol. The minimum absolute atomic E-state index is 0.0793. The number of benzene rings is 2. The molecule has 0 aliphatic rings. The van der Waals surface area contributed by atoms with Crippen molar-refractivity contribution in [3.05, 3.63) is 78.9 Å². The van der Waals surface area contributed by atoms with E-state index in [-0.39, 0.29) is 17.6 Å². The molecule has 0 aliphatic carbocycles. The highest BCUT2D eigenvalue weighted by Gasteiger charge is 2.17. The van der Waals surface area contributed by atoms with E-state index in [2.05, 4.69) is 25.5 Å². The fourth-order valence-electron chi connectivity index (χ4n) is 4.17. The first kappa shape index (κ1) is 22.5. The molecule has 6 aromatic rings. The van der Waals surface area contributed by atoms with Crippen molar-refractivity contribution in [1.82, 2.24) is 30.1 Å². The first-order valence-electron chi connectivity index (χ1n) is 11.8. The number of nitrogens with zero attached hydrogens (tertiary/aromatic N) is 4. The number of carbonyl (C=O) groups is 1. The second kappa shape index (κ2) is 8.94. The quantitative estimate of drug-likeness (QED) is 0.275. The Balaban J connectivity index is 1.41. The predicted octanol–water partition coefficient (Wildman–Crippen LogP) is 5.96. The van der Waals surface area contributed by atoms with Gasteiger partial charge in [0.1, 0.15) is 11.3 Å². The maximum atomic E-state index is 13.5. The fraction of sp³-hybridized carbons (Fsp3) is 0.107. The molecule has 2 aromatic carbocycles. The Morgan fingerprint density at radius 2 is 1.76 bits per heavy atom. The maximum Gasteiger partial charge on any atom is 0.226 e. The van der Waals surface area contributed by atoms with Gasteiger partial charge >= 0.3 is 0 Å². The van der Waals surface area contributed by atoms with Gasteiger partial charge in [-0.25, -0.2) is 14.4 Å². The number of para-hydroxylation sites is 1. The number of halogens is 1. The van der Waals surface area contributed by atoms with Crippen LogP contribution in [0.5, 0.6) is 0 Å². The van der Waals surface area contributed by atoms with E-state index in [1.54, 1.807) is 24.5 Å². The third-order valence-electron chi connectivity index (χ3n) is 6.13. The summed E-state index contributed by atoms with van der Waals surface area (Å²) in [6.07, 6.45) is 3.31. The Morgan fingerprint density at radius 3 is 2.57 bits per heavy atom. The molecule has 6 rings (SSSR count). The minimum Gasteiger partial charge on any atom is -0.336 e. The highest BCUT2D eigenvalue weighted by atomic mass is 19.1. The van der Waals surface area contributed by atoms with Gasteiger partial charge in [-0.15, -0.1) is 0 Å². The van der Waals surface area contributed by atoms with Crippen LogP contribution in [0.2, 0.25) is 0 Å². The molecule has 0 fully saturated rings. The lowest BCUT2D eigenvalue weighted by molar-refractivity contribution is -0.118. The normalized spacial score (nSPS) is 11.5. The SMILES string of the molecule is CC(C)C(=O)Nc1cncc(-c2ccc3[nH]nc(-c4nc5c(-c6ccc(F)cc6)cccc5[nH]4)c3n2)c1. The van der Waals surface area contributed by atoms with Crippen molar-refractivity contribution in [1.29, 1.82) is 0 Å². The Hall–Kier alpha value is -4.92. The van der Waals surface area contributed by atoms with Gasteiger partial charge < -0.3 is 10.3 Å². The fourth-order valence-corrected chi connectivity index (χ4v) is 4.17. The lowest BCUT2D eigenvalue weighted by Crippen LogP contribution is -2.17. The summed E-state index contributed by atoms with van der Waals surface area (Å²) in [4.78, 5) is 29.4. The second-order valence-electron chi connectivity index (χ2n) is 9.07. The first-order valence-corrected chi connectivity index (χ1v) is 11.8. The molecule has 8 nitrogen and oxygen atoms in total. The summed E-state index contributed by atoms with van der Waals surface area (Å²) in [6.45, 7) is 3.67. The highest BCUT2D eigenvalue weighted by molar-refractivity contribution is 5.96. The molecule has 0 atom stereocenters. The lowest BCUT2D eigenvalue weighted by Gasteiger charge is -2.08. The number of imidazole rings is 1. The van der Waals surface area contributed by atoms with Crippen LogP contribution in [0.3, 0.4) is 0 Å². The van der Waals surface area contributed by atoms with Crippen LogP contribution in [0.1, 0.15) is 13.8 Å². The van der Waals surface area contributed by atoms with Crippen LogP contribution in [-0.2, 0) is 4.79 Å². The predicted molar refractivity (Wildman–Crippen MR) is 141 cm³/mol. The van der Waals surface area contributed by atoms with Crippen molar-refractivity contribution in [2.45, 2.75) is 13.8 Å². The van der Waals surface area contributed by atoms with E-state index in [0.717, 1.165) is 33.2 Å². The van der Waals surface area contributed by atoms with Crippen molar-refractivity contribution >= 4 is 33.7 Å². The van der Waals surface area contributed by atoms with Crippen LogP contribution in [0.25, 0.3) is 56.0 Å². The van der Waals surface area contributed by atoms with Crippen LogP contribution in [0.4, 0.5) is 10.1 Å². The van der Waals surface area contributed by atoms with Crippen molar-refractivity contribution in [2.24, 2.45) is 5.92 Å². The van der Waals surface area contributed by atoms with Crippen molar-refractivity contribution in [2.75, 3.05) is 5.32 Å². The molecule has 3 N–H and O–H groups in total. The number of aromatic amines is 2. The molecule has 0 radical (unpaired) electrons. The van der Waals surface area contributed by atoms with Crippen molar-refractivity contribution in [3.8, 4) is 33.9 Å². The number of nitrogens with one attached hydrogen (secondary N) is 3. The molecule has 182 valence electrons. The van der Waals surface area contributed by atoms with Crippen LogP contribution < -0.4 is 5.32 Å². The second-order valence-corrected chi connectivity index (χ2v) is 9.07. The smallest absolute Gasteiger partial charge is 0.226 e. The Kier molecular flexibility index (Phi) is 5.45. The average Bonchev–Trinajstić information content (AvgIpc) is 3.53. The van der Waals surface area contributed by atoms with E-state index in [1.165, 1.54) is 12.1 Å². The van der Waals surface area contributed by atoms with E-state index in [0.29, 0.717) is 28.4 Å². The summed E-state index contributed by atoms with van der Waals surface area (Å²) in [6, 6.07) is 17.8. The molecular formula is C28H22FN7O. The number of rotatable bonds is 5. The van der Waals surface area contributed by atoms with E-state index < -0.39 is 0 Å². The van der Waals surface area contributed by atoms with Crippen LogP contribution >= 0.6 is 0 Å². The van der Waals surface area contributed by atoms with E-state index >= 15 is 0 Å². The molecule has 4 heterocycles. The molecular weight excluding hydrogens is 469 g/mol.